The zero-order valence-electron chi connectivity index (χ0n) is 18.1. The molecular formula is C20H36IN5O2S. The Hall–Kier alpha value is -0.940. The molecule has 0 saturated heterocycles. The van der Waals surface area contributed by atoms with Gasteiger partial charge in [0, 0.05) is 46.1 Å². The van der Waals surface area contributed by atoms with Crippen LogP contribution in [0, 0.1) is 5.92 Å². The summed E-state index contributed by atoms with van der Waals surface area (Å²) in [6.45, 7) is 3.91. The highest BCUT2D eigenvalue weighted by atomic mass is 127. The molecule has 1 aliphatic carbocycles. The Morgan fingerprint density at radius 1 is 1.34 bits per heavy atom. The van der Waals surface area contributed by atoms with Crippen LogP contribution < -0.4 is 10.6 Å². The van der Waals surface area contributed by atoms with Crippen LogP contribution >= 0.6 is 35.3 Å². The lowest BCUT2D eigenvalue weighted by atomic mass is 9.87. The van der Waals surface area contributed by atoms with E-state index in [1.807, 2.05) is 18.9 Å². The number of hydrogen-bond acceptors (Lipinski definition) is 5. The predicted octanol–water partition coefficient (Wildman–Crippen LogP) is 3.56. The zero-order chi connectivity index (χ0) is 20.4. The standard InChI is InChI=1S/C20H35N5O2S.HI/c1-15(27-4)19-24-17(14-28-19)13-25(3)20(21-2)23-11-10-22-18(26)12-16-8-6-5-7-9-16;/h14-16H,5-13H2,1-4H3,(H,21,23)(H,22,26);1H. The van der Waals surface area contributed by atoms with Crippen molar-refractivity contribution in [2.75, 3.05) is 34.3 Å². The number of rotatable bonds is 9. The van der Waals surface area contributed by atoms with Gasteiger partial charge in [-0.15, -0.1) is 35.3 Å². The predicted molar refractivity (Wildman–Crippen MR) is 130 cm³/mol. The molecule has 0 bridgehead atoms. The largest absolute Gasteiger partial charge is 0.375 e. The van der Waals surface area contributed by atoms with Crippen molar-refractivity contribution < 1.29 is 9.53 Å². The van der Waals surface area contributed by atoms with Crippen LogP contribution in [0.25, 0.3) is 0 Å². The van der Waals surface area contributed by atoms with E-state index in [0.717, 1.165) is 16.7 Å². The molecule has 1 aromatic rings. The Morgan fingerprint density at radius 3 is 2.69 bits per heavy atom. The molecule has 7 nitrogen and oxygen atoms in total. The first-order chi connectivity index (χ1) is 13.5. The number of thiazole rings is 1. The van der Waals surface area contributed by atoms with Crippen LogP contribution in [0.3, 0.4) is 0 Å². The number of ether oxygens (including phenoxy) is 1. The first-order valence-corrected chi connectivity index (χ1v) is 11.1. The van der Waals surface area contributed by atoms with Gasteiger partial charge in [-0.05, 0) is 25.7 Å². The van der Waals surface area contributed by atoms with Crippen molar-refractivity contribution in [2.24, 2.45) is 10.9 Å². The fourth-order valence-electron chi connectivity index (χ4n) is 3.49. The molecule has 1 fully saturated rings. The summed E-state index contributed by atoms with van der Waals surface area (Å²) in [6.07, 6.45) is 6.94. The van der Waals surface area contributed by atoms with E-state index in [9.17, 15) is 4.79 Å². The van der Waals surface area contributed by atoms with Crippen LogP contribution in [0.4, 0.5) is 0 Å². The normalized spacial score (nSPS) is 16.1. The number of nitrogens with zero attached hydrogens (tertiary/aromatic N) is 3. The molecule has 1 unspecified atom stereocenters. The maximum absolute atomic E-state index is 12.1. The molecule has 0 spiro atoms. The summed E-state index contributed by atoms with van der Waals surface area (Å²) in [6, 6.07) is 0. The molecule has 29 heavy (non-hydrogen) atoms. The lowest BCUT2D eigenvalue weighted by Crippen LogP contribution is -2.42. The first kappa shape index (κ1) is 26.1. The second-order valence-electron chi connectivity index (χ2n) is 7.44. The number of aliphatic imine (C=N–C) groups is 1. The van der Waals surface area contributed by atoms with E-state index in [0.29, 0.717) is 32.0 Å². The van der Waals surface area contributed by atoms with Crippen molar-refractivity contribution in [3.05, 3.63) is 16.1 Å². The fourth-order valence-corrected chi connectivity index (χ4v) is 4.33. The van der Waals surface area contributed by atoms with Gasteiger partial charge in [-0.25, -0.2) is 4.98 Å². The van der Waals surface area contributed by atoms with Gasteiger partial charge in [-0.2, -0.15) is 0 Å². The van der Waals surface area contributed by atoms with Gasteiger partial charge in [0.2, 0.25) is 5.91 Å². The quantitative estimate of drug-likeness (QED) is 0.218. The van der Waals surface area contributed by atoms with Gasteiger partial charge in [0.1, 0.15) is 11.1 Å². The van der Waals surface area contributed by atoms with E-state index >= 15 is 0 Å². The van der Waals surface area contributed by atoms with Crippen LogP contribution in [0.15, 0.2) is 10.4 Å². The van der Waals surface area contributed by atoms with Crippen LogP contribution in [0.5, 0.6) is 0 Å². The van der Waals surface area contributed by atoms with Gasteiger partial charge >= 0.3 is 0 Å². The third-order valence-electron chi connectivity index (χ3n) is 5.17. The van der Waals surface area contributed by atoms with Gasteiger partial charge < -0.3 is 20.3 Å². The highest BCUT2D eigenvalue weighted by molar-refractivity contribution is 14.0. The molecule has 0 aliphatic heterocycles. The zero-order valence-corrected chi connectivity index (χ0v) is 21.2. The molecule has 1 saturated carbocycles. The summed E-state index contributed by atoms with van der Waals surface area (Å²) < 4.78 is 5.32. The Bertz CT molecular complexity index is 634. The summed E-state index contributed by atoms with van der Waals surface area (Å²) in [7, 11) is 5.44. The van der Waals surface area contributed by atoms with E-state index in [2.05, 4.69) is 26.0 Å². The van der Waals surface area contributed by atoms with Crippen molar-refractivity contribution >= 4 is 47.2 Å². The Morgan fingerprint density at radius 2 is 2.03 bits per heavy atom. The lowest BCUT2D eigenvalue weighted by molar-refractivity contribution is -0.122. The average Bonchev–Trinajstić information content (AvgIpc) is 3.16. The number of carbonyl (C=O) groups excluding carboxylic acids is 1. The van der Waals surface area contributed by atoms with Crippen LogP contribution in [-0.2, 0) is 16.1 Å². The third-order valence-corrected chi connectivity index (χ3v) is 6.23. The van der Waals surface area contributed by atoms with Gasteiger partial charge in [-0.1, -0.05) is 19.3 Å². The molecule has 1 heterocycles. The molecule has 1 aliphatic rings. The van der Waals surface area contributed by atoms with E-state index in [1.54, 1.807) is 25.5 Å². The van der Waals surface area contributed by atoms with Crippen molar-refractivity contribution in [1.82, 2.24) is 20.5 Å². The summed E-state index contributed by atoms with van der Waals surface area (Å²) in [5.41, 5.74) is 0.995. The molecule has 0 aromatic carbocycles. The third kappa shape index (κ3) is 9.17. The van der Waals surface area contributed by atoms with E-state index in [-0.39, 0.29) is 36.0 Å². The number of methoxy groups -OCH3 is 1. The average molecular weight is 538 g/mol. The number of aromatic nitrogens is 1. The summed E-state index contributed by atoms with van der Waals surface area (Å²) in [4.78, 5) is 23.1. The van der Waals surface area contributed by atoms with Gasteiger partial charge in [-0.3, -0.25) is 9.79 Å². The number of guanidine groups is 1. The minimum absolute atomic E-state index is 0. The van der Waals surface area contributed by atoms with Gasteiger partial charge in [0.25, 0.3) is 0 Å². The monoisotopic (exact) mass is 537 g/mol. The maximum atomic E-state index is 12.1. The highest BCUT2D eigenvalue weighted by Gasteiger charge is 2.17. The Kier molecular flexibility index (Phi) is 12.7. The molecule has 1 amide bonds. The van der Waals surface area contributed by atoms with Crippen molar-refractivity contribution in [1.29, 1.82) is 0 Å². The summed E-state index contributed by atoms with van der Waals surface area (Å²) in [5, 5.41) is 9.36. The van der Waals surface area contributed by atoms with Crippen molar-refractivity contribution in [2.45, 2.75) is 58.1 Å². The molecule has 1 aromatic heterocycles. The molecule has 9 heteroatoms. The molecule has 2 rings (SSSR count). The summed E-state index contributed by atoms with van der Waals surface area (Å²) >= 11 is 1.61. The van der Waals surface area contributed by atoms with Crippen LogP contribution in [0.1, 0.15) is 62.3 Å². The van der Waals surface area contributed by atoms with E-state index in [1.165, 1.54) is 32.1 Å². The topological polar surface area (TPSA) is 78.9 Å². The minimum atomic E-state index is 0. The lowest BCUT2D eigenvalue weighted by Gasteiger charge is -2.22. The van der Waals surface area contributed by atoms with Gasteiger partial charge in [0.05, 0.1) is 12.2 Å². The van der Waals surface area contributed by atoms with Crippen molar-refractivity contribution in [3.8, 4) is 0 Å². The number of halogens is 1. The second kappa shape index (κ2) is 14.1. The second-order valence-corrected chi connectivity index (χ2v) is 8.33. The van der Waals surface area contributed by atoms with Crippen LogP contribution in [0.2, 0.25) is 0 Å². The van der Waals surface area contributed by atoms with E-state index in [4.69, 9.17) is 4.74 Å². The Labute approximate surface area is 196 Å². The minimum Gasteiger partial charge on any atom is -0.375 e. The SMILES string of the molecule is CN=C(NCCNC(=O)CC1CCCCC1)N(C)Cc1csc(C(C)OC)n1.I. The maximum Gasteiger partial charge on any atom is 0.220 e. The smallest absolute Gasteiger partial charge is 0.220 e. The van der Waals surface area contributed by atoms with E-state index < -0.39 is 0 Å². The highest BCUT2D eigenvalue weighted by Crippen LogP contribution is 2.26. The summed E-state index contributed by atoms with van der Waals surface area (Å²) in [5.74, 6) is 1.53. The Balaban J connectivity index is 0.00000420. The van der Waals surface area contributed by atoms with Crippen molar-refractivity contribution in [3.63, 3.8) is 0 Å². The van der Waals surface area contributed by atoms with Gasteiger partial charge in [0.15, 0.2) is 5.96 Å². The first-order valence-electron chi connectivity index (χ1n) is 10.2. The number of nitrogens with one attached hydrogen (secondary N) is 2. The molecule has 166 valence electrons. The number of amides is 1. The molecule has 1 atom stereocenters. The van der Waals surface area contributed by atoms with Crippen LogP contribution in [-0.4, -0.2) is 56.0 Å². The number of hydrogen-bond donors (Lipinski definition) is 2. The molecular weight excluding hydrogens is 501 g/mol. The fraction of sp³-hybridized carbons (Fsp3) is 0.750. The molecule has 2 N–H and O–H groups in total. The molecule has 0 radical (unpaired) electrons. The number of carbonyl (C=O) groups is 1.